The molecule has 1 aliphatic carbocycles. The van der Waals surface area contributed by atoms with Crippen molar-refractivity contribution in [3.63, 3.8) is 0 Å². The third kappa shape index (κ3) is 2.97. The molecule has 2 rings (SSSR count). The molecule has 1 saturated heterocycles. The lowest BCUT2D eigenvalue weighted by Crippen LogP contribution is -2.31. The fourth-order valence-corrected chi connectivity index (χ4v) is 2.56. The van der Waals surface area contributed by atoms with Crippen molar-refractivity contribution >= 4 is 11.9 Å². The second kappa shape index (κ2) is 5.32. The van der Waals surface area contributed by atoms with Crippen LogP contribution in [0.3, 0.4) is 0 Å². The summed E-state index contributed by atoms with van der Waals surface area (Å²) in [6, 6.07) is 0. The zero-order valence-corrected chi connectivity index (χ0v) is 9.61. The Balaban J connectivity index is 1.72. The Morgan fingerprint density at radius 2 is 2.06 bits per heavy atom. The zero-order valence-electron chi connectivity index (χ0n) is 9.61. The maximum absolute atomic E-state index is 11.8. The normalized spacial score (nSPS) is 22.2. The predicted molar refractivity (Wildman–Crippen MR) is 59.1 cm³/mol. The predicted octanol–water partition coefficient (Wildman–Crippen LogP) is 1.98. The van der Waals surface area contributed by atoms with E-state index in [1.807, 2.05) is 0 Å². The highest BCUT2D eigenvalue weighted by Crippen LogP contribution is 2.26. The van der Waals surface area contributed by atoms with Crippen LogP contribution < -0.4 is 0 Å². The number of carbonyl (C=O) groups excluding carboxylic acids is 2. The van der Waals surface area contributed by atoms with Crippen molar-refractivity contribution in [1.29, 1.82) is 0 Å². The van der Waals surface area contributed by atoms with Crippen molar-refractivity contribution < 1.29 is 14.3 Å². The highest BCUT2D eigenvalue weighted by atomic mass is 16.6. The Morgan fingerprint density at radius 1 is 1.31 bits per heavy atom. The molecule has 0 aromatic rings. The van der Waals surface area contributed by atoms with Gasteiger partial charge >= 0.3 is 6.09 Å². The van der Waals surface area contributed by atoms with Gasteiger partial charge in [0, 0.05) is 6.42 Å². The summed E-state index contributed by atoms with van der Waals surface area (Å²) < 4.78 is 4.79. The maximum Gasteiger partial charge on any atom is 0.410 e. The summed E-state index contributed by atoms with van der Waals surface area (Å²) in [6.07, 6.45) is 6.48. The minimum atomic E-state index is -0.336. The van der Waals surface area contributed by atoms with E-state index < -0.39 is 0 Å². The number of hydrogen-bond acceptors (Lipinski definition) is 3. The Bertz CT molecular complexity index is 271. The number of nitrogens with zero attached hydrogens (tertiary/aromatic N) is 1. The first-order chi connectivity index (χ1) is 7.75. The van der Waals surface area contributed by atoms with Crippen LogP contribution in [0.25, 0.3) is 0 Å². The fraction of sp³-hybridized carbons (Fsp3) is 0.833. The molecule has 1 saturated carbocycles. The minimum absolute atomic E-state index is 0.186. The van der Waals surface area contributed by atoms with Crippen molar-refractivity contribution in [1.82, 2.24) is 4.90 Å². The van der Waals surface area contributed by atoms with Crippen LogP contribution in [0.1, 0.15) is 38.5 Å². The molecule has 0 bridgehead atoms. The van der Waals surface area contributed by atoms with Gasteiger partial charge in [0.15, 0.2) is 5.78 Å². The molecule has 0 spiro atoms. The molecule has 2 fully saturated rings. The van der Waals surface area contributed by atoms with E-state index in [9.17, 15) is 9.59 Å². The quantitative estimate of drug-likeness (QED) is 0.735. The van der Waals surface area contributed by atoms with E-state index in [4.69, 9.17) is 4.74 Å². The van der Waals surface area contributed by atoms with Gasteiger partial charge in [0.1, 0.15) is 6.61 Å². The second-order valence-corrected chi connectivity index (χ2v) is 4.78. The first-order valence-electron chi connectivity index (χ1n) is 6.19. The maximum atomic E-state index is 11.8. The molecule has 1 amide bonds. The van der Waals surface area contributed by atoms with E-state index in [1.54, 1.807) is 0 Å². The van der Waals surface area contributed by atoms with Gasteiger partial charge in [-0.3, -0.25) is 9.69 Å². The monoisotopic (exact) mass is 225 g/mol. The summed E-state index contributed by atoms with van der Waals surface area (Å²) >= 11 is 0. The van der Waals surface area contributed by atoms with E-state index in [2.05, 4.69) is 0 Å². The van der Waals surface area contributed by atoms with Crippen LogP contribution in [0.2, 0.25) is 0 Å². The lowest BCUT2D eigenvalue weighted by molar-refractivity contribution is -0.120. The van der Waals surface area contributed by atoms with E-state index >= 15 is 0 Å². The smallest absolute Gasteiger partial charge is 0.410 e. The summed E-state index contributed by atoms with van der Waals surface area (Å²) in [5.41, 5.74) is 0. The van der Waals surface area contributed by atoms with Gasteiger partial charge in [0.25, 0.3) is 0 Å². The van der Waals surface area contributed by atoms with Crippen LogP contribution in [0.15, 0.2) is 0 Å². The number of rotatable bonds is 4. The number of carbonyl (C=O) groups is 2. The van der Waals surface area contributed by atoms with Crippen LogP contribution in [-0.4, -0.2) is 36.5 Å². The lowest BCUT2D eigenvalue weighted by atomic mass is 9.86. The number of ketones is 1. The lowest BCUT2D eigenvalue weighted by Gasteiger charge is -2.21. The molecule has 0 N–H and O–H groups in total. The van der Waals surface area contributed by atoms with E-state index in [1.165, 1.54) is 37.0 Å². The number of hydrogen-bond donors (Lipinski definition) is 0. The van der Waals surface area contributed by atoms with Crippen LogP contribution in [-0.2, 0) is 9.53 Å². The molecule has 2 aliphatic rings. The SMILES string of the molecule is O=C(CC1CCCCC1)CN1CCOC1=O. The van der Waals surface area contributed by atoms with E-state index in [-0.39, 0.29) is 18.4 Å². The first kappa shape index (κ1) is 11.4. The molecule has 16 heavy (non-hydrogen) atoms. The number of amides is 1. The van der Waals surface area contributed by atoms with Gasteiger partial charge in [-0.1, -0.05) is 32.1 Å². The molecular weight excluding hydrogens is 206 g/mol. The van der Waals surface area contributed by atoms with Crippen molar-refractivity contribution in [3.05, 3.63) is 0 Å². The molecule has 0 unspecified atom stereocenters. The molecule has 0 atom stereocenters. The van der Waals surface area contributed by atoms with Gasteiger partial charge in [-0.25, -0.2) is 4.79 Å². The summed E-state index contributed by atoms with van der Waals surface area (Å²) in [4.78, 5) is 24.4. The van der Waals surface area contributed by atoms with Crippen LogP contribution >= 0.6 is 0 Å². The van der Waals surface area contributed by atoms with Gasteiger partial charge in [-0.2, -0.15) is 0 Å². The Morgan fingerprint density at radius 3 is 2.69 bits per heavy atom. The summed E-state index contributed by atoms with van der Waals surface area (Å²) in [5.74, 6) is 0.741. The minimum Gasteiger partial charge on any atom is -0.448 e. The standard InChI is InChI=1S/C12H19NO3/c14-11(8-10-4-2-1-3-5-10)9-13-6-7-16-12(13)15/h10H,1-9H2. The third-order valence-corrected chi connectivity index (χ3v) is 3.45. The molecular formula is C12H19NO3. The number of Topliss-reactive ketones (excluding diaryl/α,β-unsaturated/α-hetero) is 1. The van der Waals surface area contributed by atoms with Crippen molar-refractivity contribution in [3.8, 4) is 0 Å². The van der Waals surface area contributed by atoms with E-state index in [0.29, 0.717) is 25.5 Å². The van der Waals surface area contributed by atoms with Gasteiger partial charge < -0.3 is 4.74 Å². The van der Waals surface area contributed by atoms with Gasteiger partial charge in [0.2, 0.25) is 0 Å². The molecule has 4 nitrogen and oxygen atoms in total. The average Bonchev–Trinajstić information content (AvgIpc) is 2.66. The summed E-state index contributed by atoms with van der Waals surface area (Å²) in [6.45, 7) is 1.24. The van der Waals surface area contributed by atoms with Crippen LogP contribution in [0, 0.1) is 5.92 Å². The van der Waals surface area contributed by atoms with Gasteiger partial charge in [-0.15, -0.1) is 0 Å². The summed E-state index contributed by atoms with van der Waals surface area (Å²) in [5, 5.41) is 0. The molecule has 0 radical (unpaired) electrons. The molecule has 4 heteroatoms. The Kier molecular flexibility index (Phi) is 3.80. The van der Waals surface area contributed by atoms with Crippen molar-refractivity contribution in [2.24, 2.45) is 5.92 Å². The van der Waals surface area contributed by atoms with Crippen LogP contribution in [0.5, 0.6) is 0 Å². The van der Waals surface area contributed by atoms with Crippen LogP contribution in [0.4, 0.5) is 4.79 Å². The van der Waals surface area contributed by atoms with Crippen molar-refractivity contribution in [2.75, 3.05) is 19.7 Å². The molecule has 1 heterocycles. The molecule has 0 aromatic heterocycles. The number of cyclic esters (lactones) is 1. The summed E-state index contributed by atoms with van der Waals surface area (Å²) in [7, 11) is 0. The van der Waals surface area contributed by atoms with Gasteiger partial charge in [-0.05, 0) is 5.92 Å². The zero-order chi connectivity index (χ0) is 11.4. The Labute approximate surface area is 95.9 Å². The Hall–Kier alpha value is -1.06. The molecule has 0 aromatic carbocycles. The largest absolute Gasteiger partial charge is 0.448 e. The third-order valence-electron chi connectivity index (χ3n) is 3.45. The highest BCUT2D eigenvalue weighted by Gasteiger charge is 2.25. The number of ether oxygens (including phenoxy) is 1. The van der Waals surface area contributed by atoms with Crippen molar-refractivity contribution in [2.45, 2.75) is 38.5 Å². The average molecular weight is 225 g/mol. The molecule has 90 valence electrons. The highest BCUT2D eigenvalue weighted by molar-refractivity contribution is 5.84. The second-order valence-electron chi connectivity index (χ2n) is 4.78. The van der Waals surface area contributed by atoms with Gasteiger partial charge in [0.05, 0.1) is 13.1 Å². The first-order valence-corrected chi connectivity index (χ1v) is 6.19. The van der Waals surface area contributed by atoms with E-state index in [0.717, 1.165) is 0 Å². The molecule has 1 aliphatic heterocycles. The topological polar surface area (TPSA) is 46.6 Å². The fourth-order valence-electron chi connectivity index (χ4n) is 2.56.